The highest BCUT2D eigenvalue weighted by Gasteiger charge is 2.14. The zero-order valence-electron chi connectivity index (χ0n) is 11.5. The SMILES string of the molecule is COc1ccc(-c2nc(Cc3nc(C)cs3)no2)c(O)c1. The van der Waals surface area contributed by atoms with Crippen LogP contribution in [-0.2, 0) is 6.42 Å². The molecular formula is C14H13N3O3S. The van der Waals surface area contributed by atoms with Gasteiger partial charge in [0.15, 0.2) is 5.82 Å². The number of rotatable bonds is 4. The van der Waals surface area contributed by atoms with Crippen molar-refractivity contribution in [2.75, 3.05) is 7.11 Å². The summed E-state index contributed by atoms with van der Waals surface area (Å²) < 4.78 is 10.2. The summed E-state index contributed by atoms with van der Waals surface area (Å²) in [5.74, 6) is 1.41. The van der Waals surface area contributed by atoms with Crippen LogP contribution in [0.5, 0.6) is 11.5 Å². The summed E-state index contributed by atoms with van der Waals surface area (Å²) in [6.45, 7) is 1.94. The van der Waals surface area contributed by atoms with Gasteiger partial charge in [-0.2, -0.15) is 4.98 Å². The molecule has 0 saturated carbocycles. The van der Waals surface area contributed by atoms with E-state index in [4.69, 9.17) is 9.26 Å². The van der Waals surface area contributed by atoms with Gasteiger partial charge in [-0.05, 0) is 19.1 Å². The minimum Gasteiger partial charge on any atom is -0.507 e. The molecule has 0 amide bonds. The number of aryl methyl sites for hydroxylation is 1. The molecule has 108 valence electrons. The van der Waals surface area contributed by atoms with Crippen LogP contribution in [0.1, 0.15) is 16.5 Å². The minimum atomic E-state index is 0.0367. The van der Waals surface area contributed by atoms with Crippen LogP contribution >= 0.6 is 11.3 Å². The Morgan fingerprint density at radius 3 is 2.86 bits per heavy atom. The number of nitrogens with zero attached hydrogens (tertiary/aromatic N) is 3. The van der Waals surface area contributed by atoms with E-state index in [0.717, 1.165) is 10.7 Å². The molecule has 0 radical (unpaired) electrons. The van der Waals surface area contributed by atoms with E-state index in [1.807, 2.05) is 12.3 Å². The molecular weight excluding hydrogens is 290 g/mol. The van der Waals surface area contributed by atoms with Crippen LogP contribution in [0.2, 0.25) is 0 Å². The molecule has 2 aromatic heterocycles. The Kier molecular flexibility index (Phi) is 3.57. The van der Waals surface area contributed by atoms with Gasteiger partial charge in [0.1, 0.15) is 16.5 Å². The largest absolute Gasteiger partial charge is 0.507 e. The van der Waals surface area contributed by atoms with E-state index in [1.54, 1.807) is 23.5 Å². The fraction of sp³-hybridized carbons (Fsp3) is 0.214. The Morgan fingerprint density at radius 2 is 2.19 bits per heavy atom. The van der Waals surface area contributed by atoms with Crippen molar-refractivity contribution in [3.8, 4) is 23.0 Å². The Balaban J connectivity index is 1.84. The molecule has 0 fully saturated rings. The number of methoxy groups -OCH3 is 1. The summed E-state index contributed by atoms with van der Waals surface area (Å²) in [6.07, 6.45) is 0.513. The van der Waals surface area contributed by atoms with Gasteiger partial charge in [-0.15, -0.1) is 11.3 Å². The van der Waals surface area contributed by atoms with Gasteiger partial charge in [-0.3, -0.25) is 0 Å². The highest BCUT2D eigenvalue weighted by molar-refractivity contribution is 7.09. The van der Waals surface area contributed by atoms with Gasteiger partial charge in [0.25, 0.3) is 5.89 Å². The zero-order valence-corrected chi connectivity index (χ0v) is 12.3. The molecule has 0 atom stereocenters. The van der Waals surface area contributed by atoms with E-state index in [1.165, 1.54) is 13.2 Å². The van der Waals surface area contributed by atoms with Crippen molar-refractivity contribution in [1.82, 2.24) is 15.1 Å². The van der Waals surface area contributed by atoms with Crippen molar-refractivity contribution in [2.45, 2.75) is 13.3 Å². The molecule has 7 heteroatoms. The van der Waals surface area contributed by atoms with Crippen LogP contribution in [0.25, 0.3) is 11.5 Å². The molecule has 0 spiro atoms. The Morgan fingerprint density at radius 1 is 1.33 bits per heavy atom. The molecule has 2 heterocycles. The van der Waals surface area contributed by atoms with Crippen LogP contribution < -0.4 is 4.74 Å². The minimum absolute atomic E-state index is 0.0367. The van der Waals surface area contributed by atoms with Crippen molar-refractivity contribution < 1.29 is 14.4 Å². The number of ether oxygens (including phenoxy) is 1. The average molecular weight is 303 g/mol. The van der Waals surface area contributed by atoms with E-state index in [0.29, 0.717) is 23.6 Å². The second-order valence-corrected chi connectivity index (χ2v) is 5.40. The summed E-state index contributed by atoms with van der Waals surface area (Å²) in [7, 11) is 1.54. The molecule has 0 unspecified atom stereocenters. The van der Waals surface area contributed by atoms with Crippen LogP contribution in [0, 0.1) is 6.92 Å². The summed E-state index contributed by atoms with van der Waals surface area (Å²) >= 11 is 1.56. The predicted octanol–water partition coefficient (Wildman–Crippen LogP) is 2.81. The smallest absolute Gasteiger partial charge is 0.261 e. The first-order valence-electron chi connectivity index (χ1n) is 6.26. The van der Waals surface area contributed by atoms with Gasteiger partial charge in [-0.1, -0.05) is 5.16 Å². The molecule has 0 saturated heterocycles. The zero-order chi connectivity index (χ0) is 14.8. The molecule has 3 rings (SSSR count). The van der Waals surface area contributed by atoms with Crippen LogP contribution in [0.15, 0.2) is 28.1 Å². The van der Waals surface area contributed by atoms with E-state index >= 15 is 0 Å². The van der Waals surface area contributed by atoms with Crippen molar-refractivity contribution in [1.29, 1.82) is 0 Å². The van der Waals surface area contributed by atoms with Crippen molar-refractivity contribution in [3.63, 3.8) is 0 Å². The van der Waals surface area contributed by atoms with Gasteiger partial charge in [0.2, 0.25) is 0 Å². The summed E-state index contributed by atoms with van der Waals surface area (Å²) in [4.78, 5) is 8.65. The Hall–Kier alpha value is -2.41. The molecule has 21 heavy (non-hydrogen) atoms. The van der Waals surface area contributed by atoms with E-state index in [-0.39, 0.29) is 11.6 Å². The number of aromatic hydroxyl groups is 1. The molecule has 0 aliphatic carbocycles. The number of benzene rings is 1. The second-order valence-electron chi connectivity index (χ2n) is 4.46. The van der Waals surface area contributed by atoms with E-state index in [9.17, 15) is 5.11 Å². The summed E-state index contributed by atoms with van der Waals surface area (Å²) in [5, 5.41) is 16.8. The van der Waals surface area contributed by atoms with Gasteiger partial charge in [0.05, 0.1) is 19.1 Å². The highest BCUT2D eigenvalue weighted by atomic mass is 32.1. The summed E-state index contributed by atoms with van der Waals surface area (Å²) in [6, 6.07) is 4.91. The third-order valence-electron chi connectivity index (χ3n) is 2.88. The summed E-state index contributed by atoms with van der Waals surface area (Å²) in [5.41, 5.74) is 1.45. The van der Waals surface area contributed by atoms with Crippen molar-refractivity contribution in [3.05, 3.63) is 40.1 Å². The lowest BCUT2D eigenvalue weighted by atomic mass is 10.2. The molecule has 6 nitrogen and oxygen atoms in total. The van der Waals surface area contributed by atoms with Crippen LogP contribution in [-0.4, -0.2) is 27.3 Å². The molecule has 3 aromatic rings. The maximum atomic E-state index is 9.96. The van der Waals surface area contributed by atoms with Gasteiger partial charge >= 0.3 is 0 Å². The molecule has 0 aliphatic rings. The predicted molar refractivity (Wildman–Crippen MR) is 77.6 cm³/mol. The number of aromatic nitrogens is 3. The fourth-order valence-electron chi connectivity index (χ4n) is 1.87. The van der Waals surface area contributed by atoms with Crippen LogP contribution in [0.4, 0.5) is 0 Å². The number of phenols is 1. The molecule has 1 N–H and O–H groups in total. The first kappa shape index (κ1) is 13.6. The molecule has 0 bridgehead atoms. The maximum Gasteiger partial charge on any atom is 0.261 e. The molecule has 0 aliphatic heterocycles. The quantitative estimate of drug-likeness (QED) is 0.798. The third-order valence-corrected chi connectivity index (χ3v) is 3.85. The number of phenolic OH excluding ortho intramolecular Hbond substituents is 1. The lowest BCUT2D eigenvalue weighted by Gasteiger charge is -2.02. The van der Waals surface area contributed by atoms with E-state index in [2.05, 4.69) is 15.1 Å². The van der Waals surface area contributed by atoms with E-state index < -0.39 is 0 Å². The standard InChI is InChI=1S/C14H13N3O3S/c1-8-7-21-13(15-8)6-12-16-14(20-17-12)10-4-3-9(19-2)5-11(10)18/h3-5,7,18H,6H2,1-2H3. The fourth-order valence-corrected chi connectivity index (χ4v) is 2.64. The third kappa shape index (κ3) is 2.87. The lowest BCUT2D eigenvalue weighted by Crippen LogP contribution is -1.90. The number of thiazole rings is 1. The van der Waals surface area contributed by atoms with Crippen LogP contribution in [0.3, 0.4) is 0 Å². The second kappa shape index (κ2) is 5.53. The lowest BCUT2D eigenvalue weighted by molar-refractivity contribution is 0.404. The first-order chi connectivity index (χ1) is 10.2. The highest BCUT2D eigenvalue weighted by Crippen LogP contribution is 2.31. The molecule has 1 aromatic carbocycles. The number of hydrogen-bond acceptors (Lipinski definition) is 7. The van der Waals surface area contributed by atoms with Gasteiger partial charge < -0.3 is 14.4 Å². The number of hydrogen-bond donors (Lipinski definition) is 1. The van der Waals surface area contributed by atoms with Gasteiger partial charge in [-0.25, -0.2) is 4.98 Å². The normalized spacial score (nSPS) is 10.8. The Bertz CT molecular complexity index is 766. The monoisotopic (exact) mass is 303 g/mol. The average Bonchev–Trinajstić information content (AvgIpc) is 3.08. The first-order valence-corrected chi connectivity index (χ1v) is 7.14. The van der Waals surface area contributed by atoms with Crippen molar-refractivity contribution in [2.24, 2.45) is 0 Å². The van der Waals surface area contributed by atoms with Gasteiger partial charge in [0, 0.05) is 17.1 Å². The van der Waals surface area contributed by atoms with Crippen molar-refractivity contribution >= 4 is 11.3 Å². The maximum absolute atomic E-state index is 9.96. The Labute approximate surface area is 125 Å². The topological polar surface area (TPSA) is 81.3 Å².